The predicted octanol–water partition coefficient (Wildman–Crippen LogP) is 7.97. The van der Waals surface area contributed by atoms with Crippen LogP contribution in [0.2, 0.25) is 0 Å². The molecule has 0 bridgehead atoms. The fraction of sp³-hybridized carbons (Fsp3) is 0.962. The van der Waals surface area contributed by atoms with Crippen molar-refractivity contribution in [1.29, 1.82) is 0 Å². The van der Waals surface area contributed by atoms with Crippen molar-refractivity contribution in [2.75, 3.05) is 13.2 Å². The fourth-order valence-electron chi connectivity index (χ4n) is 3.39. The summed E-state index contributed by atoms with van der Waals surface area (Å²) in [5, 5.41) is 8.41. The van der Waals surface area contributed by atoms with Gasteiger partial charge < -0.3 is 20.6 Å². The molecular formula is C26H58NO6P. The summed E-state index contributed by atoms with van der Waals surface area (Å²) in [6, 6.07) is 0. The van der Waals surface area contributed by atoms with E-state index in [0.717, 1.165) is 19.4 Å². The number of hydrogen-bond donors (Lipinski definition) is 4. The van der Waals surface area contributed by atoms with Gasteiger partial charge in [-0.2, -0.15) is 0 Å². The first-order chi connectivity index (χ1) is 16.2. The molecule has 0 radical (unpaired) electrons. The van der Waals surface area contributed by atoms with Gasteiger partial charge in [-0.15, -0.1) is 0 Å². The smallest absolute Gasteiger partial charge is 0.469 e. The van der Waals surface area contributed by atoms with E-state index in [2.05, 4.69) is 18.4 Å². The maximum absolute atomic E-state index is 10.2. The third kappa shape index (κ3) is 48.8. The molecule has 0 fully saturated rings. The molecule has 0 spiro atoms. The Balaban J connectivity index is -0.000000448. The summed E-state index contributed by atoms with van der Waals surface area (Å²) in [7, 11) is -4.17. The SMILES string of the molecule is CCCCCCCCCCCC(=O)O.CCCCCCCCCCCCN.CCOP(=O)(O)O. The second-order valence-electron chi connectivity index (χ2n) is 8.85. The van der Waals surface area contributed by atoms with Gasteiger partial charge in [-0.1, -0.05) is 123 Å². The van der Waals surface area contributed by atoms with Crippen molar-refractivity contribution in [1.82, 2.24) is 0 Å². The second-order valence-corrected chi connectivity index (χ2v) is 10.1. The predicted molar refractivity (Wildman–Crippen MR) is 144 cm³/mol. The molecule has 0 aromatic rings. The molecule has 0 heterocycles. The minimum absolute atomic E-state index is 0.0459. The third-order valence-corrected chi connectivity index (χ3v) is 5.94. The average molecular weight is 512 g/mol. The van der Waals surface area contributed by atoms with Crippen molar-refractivity contribution in [2.24, 2.45) is 5.73 Å². The molecule has 0 rings (SSSR count). The Bertz CT molecular complexity index is 422. The van der Waals surface area contributed by atoms with Crippen molar-refractivity contribution >= 4 is 13.8 Å². The van der Waals surface area contributed by atoms with Crippen molar-refractivity contribution in [2.45, 2.75) is 149 Å². The van der Waals surface area contributed by atoms with E-state index in [0.29, 0.717) is 6.42 Å². The highest BCUT2D eigenvalue weighted by Gasteiger charge is 2.10. The monoisotopic (exact) mass is 511 g/mol. The number of unbranched alkanes of at least 4 members (excludes halogenated alkanes) is 17. The average Bonchev–Trinajstić information content (AvgIpc) is 2.77. The Labute approximate surface area is 210 Å². The highest BCUT2D eigenvalue weighted by atomic mass is 31.2. The fourth-order valence-corrected chi connectivity index (χ4v) is 3.72. The van der Waals surface area contributed by atoms with Crippen LogP contribution in [0.5, 0.6) is 0 Å². The number of nitrogens with two attached hydrogens (primary N) is 1. The van der Waals surface area contributed by atoms with Gasteiger partial charge in [0.25, 0.3) is 0 Å². The third-order valence-electron chi connectivity index (χ3n) is 5.35. The first kappa shape index (κ1) is 38.1. The molecule has 7 nitrogen and oxygen atoms in total. The van der Waals surface area contributed by atoms with Crippen molar-refractivity contribution in [3.63, 3.8) is 0 Å². The van der Waals surface area contributed by atoms with E-state index >= 15 is 0 Å². The lowest BCUT2D eigenvalue weighted by Crippen LogP contribution is -1.97. The summed E-state index contributed by atoms with van der Waals surface area (Å²) in [6.07, 6.45) is 25.4. The first-order valence-corrected chi connectivity index (χ1v) is 15.4. The van der Waals surface area contributed by atoms with Crippen LogP contribution in [0, 0.1) is 0 Å². The number of carboxylic acids is 1. The Kier molecular flexibility index (Phi) is 36.4. The highest BCUT2D eigenvalue weighted by molar-refractivity contribution is 7.46. The molecule has 5 N–H and O–H groups in total. The number of carbonyl (C=O) groups is 1. The van der Waals surface area contributed by atoms with E-state index in [1.165, 1.54) is 116 Å². The maximum atomic E-state index is 10.2. The molecule has 0 saturated carbocycles. The topological polar surface area (TPSA) is 130 Å². The number of hydrogen-bond acceptors (Lipinski definition) is 4. The number of phosphoric ester groups is 1. The van der Waals surface area contributed by atoms with Crippen molar-refractivity contribution < 1.29 is 28.8 Å². The molecule has 8 heteroatoms. The minimum Gasteiger partial charge on any atom is -0.481 e. The normalized spacial score (nSPS) is 10.8. The molecule has 0 amide bonds. The standard InChI is InChI=1S/C12H27N.C12H24O2.C2H7O4P/c1-2-3-4-5-6-7-8-9-10-11-12-13;1-2-3-4-5-6-7-8-9-10-11-12(13)14;1-2-6-7(3,4)5/h2-13H2,1H3;2-11H2,1H3,(H,13,14);2H2,1H3,(H2,3,4,5). The van der Waals surface area contributed by atoms with Gasteiger partial charge in [-0.25, -0.2) is 4.57 Å². The quantitative estimate of drug-likeness (QED) is 0.0856. The van der Waals surface area contributed by atoms with E-state index in [4.69, 9.17) is 20.6 Å². The van der Waals surface area contributed by atoms with Crippen LogP contribution in [0.25, 0.3) is 0 Å². The summed E-state index contributed by atoms with van der Waals surface area (Å²) in [6.45, 7) is 6.93. The molecule has 0 aliphatic heterocycles. The van der Waals surface area contributed by atoms with Crippen LogP contribution in [0.1, 0.15) is 149 Å². The van der Waals surface area contributed by atoms with Gasteiger partial charge in [0.05, 0.1) is 6.61 Å². The van der Waals surface area contributed by atoms with E-state index < -0.39 is 13.8 Å². The van der Waals surface area contributed by atoms with Crippen LogP contribution >= 0.6 is 7.82 Å². The first-order valence-electron chi connectivity index (χ1n) is 13.9. The van der Waals surface area contributed by atoms with Gasteiger partial charge in [0.1, 0.15) is 0 Å². The lowest BCUT2D eigenvalue weighted by molar-refractivity contribution is -0.137. The van der Waals surface area contributed by atoms with Crippen LogP contribution < -0.4 is 5.73 Å². The van der Waals surface area contributed by atoms with Crippen LogP contribution in [0.4, 0.5) is 0 Å². The van der Waals surface area contributed by atoms with Gasteiger partial charge in [0, 0.05) is 6.42 Å². The van der Waals surface area contributed by atoms with E-state index in [1.807, 2.05) is 0 Å². The van der Waals surface area contributed by atoms with Crippen LogP contribution in [-0.4, -0.2) is 34.0 Å². The Hall–Kier alpha value is -0.460. The molecule has 0 unspecified atom stereocenters. The summed E-state index contributed by atoms with van der Waals surface area (Å²) in [5.74, 6) is -0.659. The molecule has 0 saturated heterocycles. The van der Waals surface area contributed by atoms with Crippen LogP contribution in [-0.2, 0) is 13.9 Å². The Morgan fingerprint density at radius 1 is 0.647 bits per heavy atom. The van der Waals surface area contributed by atoms with Crippen molar-refractivity contribution in [3.05, 3.63) is 0 Å². The van der Waals surface area contributed by atoms with E-state index in [1.54, 1.807) is 0 Å². The van der Waals surface area contributed by atoms with Gasteiger partial charge in [0.15, 0.2) is 0 Å². The zero-order valence-corrected chi connectivity index (χ0v) is 23.5. The number of rotatable bonds is 22. The zero-order valence-electron chi connectivity index (χ0n) is 22.6. The molecule has 34 heavy (non-hydrogen) atoms. The maximum Gasteiger partial charge on any atom is 0.469 e. The molecular weight excluding hydrogens is 453 g/mol. The van der Waals surface area contributed by atoms with Crippen molar-refractivity contribution in [3.8, 4) is 0 Å². The zero-order chi connectivity index (χ0) is 26.3. The second kappa shape index (κ2) is 32.5. The molecule has 0 aliphatic carbocycles. The lowest BCUT2D eigenvalue weighted by Gasteiger charge is -2.00. The number of carboxylic acid groups (broad SMARTS) is 1. The number of phosphoric acid groups is 1. The van der Waals surface area contributed by atoms with Crippen LogP contribution in [0.3, 0.4) is 0 Å². The summed E-state index contributed by atoms with van der Waals surface area (Å²) in [4.78, 5) is 26.0. The molecule has 0 aromatic heterocycles. The van der Waals surface area contributed by atoms with Gasteiger partial charge in [-0.05, 0) is 26.3 Å². The lowest BCUT2D eigenvalue weighted by atomic mass is 10.1. The van der Waals surface area contributed by atoms with E-state index in [9.17, 15) is 9.36 Å². The minimum atomic E-state index is -4.17. The largest absolute Gasteiger partial charge is 0.481 e. The van der Waals surface area contributed by atoms with Gasteiger partial charge in [-0.3, -0.25) is 9.32 Å². The van der Waals surface area contributed by atoms with Gasteiger partial charge >= 0.3 is 13.8 Å². The highest BCUT2D eigenvalue weighted by Crippen LogP contribution is 2.34. The van der Waals surface area contributed by atoms with E-state index in [-0.39, 0.29) is 6.61 Å². The number of aliphatic carboxylic acids is 1. The molecule has 0 aliphatic rings. The summed E-state index contributed by atoms with van der Waals surface area (Å²) < 4.78 is 13.6. The molecule has 208 valence electrons. The Morgan fingerprint density at radius 2 is 0.971 bits per heavy atom. The Morgan fingerprint density at radius 3 is 1.21 bits per heavy atom. The molecule has 0 aromatic carbocycles. The van der Waals surface area contributed by atoms with Gasteiger partial charge in [0.2, 0.25) is 0 Å². The summed E-state index contributed by atoms with van der Waals surface area (Å²) >= 11 is 0. The summed E-state index contributed by atoms with van der Waals surface area (Å²) in [5.41, 5.74) is 5.42. The van der Waals surface area contributed by atoms with Crippen LogP contribution in [0.15, 0.2) is 0 Å². The molecule has 0 atom stereocenters.